The molecular formula is C19H22FN3O2. The zero-order valence-corrected chi connectivity index (χ0v) is 14.3. The summed E-state index contributed by atoms with van der Waals surface area (Å²) in [6.07, 6.45) is 2.22. The highest BCUT2D eigenvalue weighted by Gasteiger charge is 2.39. The Hall–Kier alpha value is -2.42. The smallest absolute Gasteiger partial charge is 0.237 e. The van der Waals surface area contributed by atoms with Gasteiger partial charge in [0, 0.05) is 25.6 Å². The maximum atomic E-state index is 13.3. The second kappa shape index (κ2) is 7.22. The molecule has 1 aromatic rings. The van der Waals surface area contributed by atoms with E-state index >= 15 is 0 Å². The van der Waals surface area contributed by atoms with Crippen molar-refractivity contribution in [1.82, 2.24) is 10.2 Å². The van der Waals surface area contributed by atoms with Crippen LogP contribution in [-0.2, 0) is 16.0 Å². The number of benzene rings is 1. The number of likely N-dealkylation sites (tertiary alicyclic amines) is 1. The summed E-state index contributed by atoms with van der Waals surface area (Å²) in [5.74, 6) is -0.809. The summed E-state index contributed by atoms with van der Waals surface area (Å²) < 4.78 is 13.3. The standard InChI is InChI=1S/C19H22FN3O2/c1-12-8-13(2-4-16(12)20)3-5-18(24)23-7-6-17-15(11-23)9-14(10-21)19(25)22-17/h2,4,8,14-15,17H,3,5-7,9,11H2,1H3,(H,22,25). The van der Waals surface area contributed by atoms with Crippen LogP contribution in [0.25, 0.3) is 0 Å². The van der Waals surface area contributed by atoms with E-state index in [1.807, 2.05) is 11.0 Å². The molecule has 0 saturated carbocycles. The van der Waals surface area contributed by atoms with Gasteiger partial charge in [0.2, 0.25) is 11.8 Å². The number of amides is 2. The first-order valence-corrected chi connectivity index (χ1v) is 8.70. The van der Waals surface area contributed by atoms with Gasteiger partial charge < -0.3 is 10.2 Å². The van der Waals surface area contributed by atoms with Crippen molar-refractivity contribution in [2.24, 2.45) is 11.8 Å². The number of hydrogen-bond donors (Lipinski definition) is 1. The van der Waals surface area contributed by atoms with Crippen LogP contribution in [0.4, 0.5) is 4.39 Å². The molecule has 25 heavy (non-hydrogen) atoms. The monoisotopic (exact) mass is 343 g/mol. The molecule has 2 aliphatic heterocycles. The minimum Gasteiger partial charge on any atom is -0.352 e. The molecule has 6 heteroatoms. The van der Waals surface area contributed by atoms with Gasteiger partial charge in [-0.05, 0) is 49.3 Å². The Labute approximate surface area is 146 Å². The fraction of sp³-hybridized carbons (Fsp3) is 0.526. The number of halogens is 1. The molecule has 0 radical (unpaired) electrons. The van der Waals surface area contributed by atoms with Crippen LogP contribution in [0.5, 0.6) is 0 Å². The number of carbonyl (C=O) groups is 2. The molecule has 1 aromatic carbocycles. The number of fused-ring (bicyclic) bond motifs is 1. The van der Waals surface area contributed by atoms with Crippen LogP contribution >= 0.6 is 0 Å². The lowest BCUT2D eigenvalue weighted by Gasteiger charge is -2.42. The third kappa shape index (κ3) is 3.81. The van der Waals surface area contributed by atoms with Gasteiger partial charge >= 0.3 is 0 Å². The van der Waals surface area contributed by atoms with E-state index in [-0.39, 0.29) is 29.6 Å². The van der Waals surface area contributed by atoms with Crippen LogP contribution in [0, 0.1) is 35.9 Å². The SMILES string of the molecule is Cc1cc(CCC(=O)N2CCC3NC(=O)C(C#N)CC3C2)ccc1F. The Morgan fingerprint density at radius 1 is 1.48 bits per heavy atom. The van der Waals surface area contributed by atoms with Gasteiger partial charge in [-0.2, -0.15) is 5.26 Å². The molecule has 3 atom stereocenters. The molecular weight excluding hydrogens is 321 g/mol. The molecule has 2 saturated heterocycles. The topological polar surface area (TPSA) is 73.2 Å². The largest absolute Gasteiger partial charge is 0.352 e. The molecule has 5 nitrogen and oxygen atoms in total. The second-order valence-corrected chi connectivity index (χ2v) is 7.00. The summed E-state index contributed by atoms with van der Waals surface area (Å²) in [5.41, 5.74) is 1.54. The minimum atomic E-state index is -0.613. The number of piperidine rings is 2. The van der Waals surface area contributed by atoms with E-state index in [1.54, 1.807) is 19.1 Å². The normalized spacial score (nSPS) is 25.7. The van der Waals surface area contributed by atoms with Gasteiger partial charge in [0.15, 0.2) is 0 Å². The summed E-state index contributed by atoms with van der Waals surface area (Å²) in [7, 11) is 0. The van der Waals surface area contributed by atoms with Crippen molar-refractivity contribution in [1.29, 1.82) is 5.26 Å². The Balaban J connectivity index is 1.55. The van der Waals surface area contributed by atoms with E-state index in [2.05, 4.69) is 5.32 Å². The van der Waals surface area contributed by atoms with E-state index in [1.165, 1.54) is 6.07 Å². The molecule has 1 N–H and O–H groups in total. The molecule has 3 rings (SSSR count). The predicted molar refractivity (Wildman–Crippen MR) is 89.8 cm³/mol. The number of rotatable bonds is 3. The van der Waals surface area contributed by atoms with Gasteiger partial charge in [0.05, 0.1) is 6.07 Å². The van der Waals surface area contributed by atoms with E-state index in [0.29, 0.717) is 37.9 Å². The first-order valence-electron chi connectivity index (χ1n) is 8.70. The van der Waals surface area contributed by atoms with Crippen molar-refractivity contribution in [3.05, 3.63) is 35.1 Å². The molecule has 0 aliphatic carbocycles. The highest BCUT2D eigenvalue weighted by Crippen LogP contribution is 2.28. The molecule has 0 bridgehead atoms. The summed E-state index contributed by atoms with van der Waals surface area (Å²) in [5, 5.41) is 12.0. The molecule has 2 aliphatic rings. The molecule has 2 amide bonds. The fourth-order valence-electron chi connectivity index (χ4n) is 3.76. The minimum absolute atomic E-state index is 0.0703. The molecule has 2 fully saturated rings. The highest BCUT2D eigenvalue weighted by molar-refractivity contribution is 5.82. The zero-order chi connectivity index (χ0) is 18.0. The van der Waals surface area contributed by atoms with E-state index in [9.17, 15) is 14.0 Å². The van der Waals surface area contributed by atoms with Crippen LogP contribution in [0.15, 0.2) is 18.2 Å². The first-order chi connectivity index (χ1) is 12.0. The van der Waals surface area contributed by atoms with Gasteiger partial charge in [-0.25, -0.2) is 4.39 Å². The van der Waals surface area contributed by atoms with E-state index in [0.717, 1.165) is 12.0 Å². The second-order valence-electron chi connectivity index (χ2n) is 7.00. The molecule has 3 unspecified atom stereocenters. The van der Waals surface area contributed by atoms with Crippen LogP contribution in [-0.4, -0.2) is 35.8 Å². The number of nitriles is 1. The third-order valence-corrected chi connectivity index (χ3v) is 5.27. The molecule has 132 valence electrons. The van der Waals surface area contributed by atoms with Crippen LogP contribution in [0.2, 0.25) is 0 Å². The Bertz CT molecular complexity index is 728. The highest BCUT2D eigenvalue weighted by atomic mass is 19.1. The van der Waals surface area contributed by atoms with Crippen molar-refractivity contribution in [2.75, 3.05) is 13.1 Å². The zero-order valence-electron chi connectivity index (χ0n) is 14.3. The van der Waals surface area contributed by atoms with Gasteiger partial charge in [-0.15, -0.1) is 0 Å². The Kier molecular flexibility index (Phi) is 5.03. The maximum absolute atomic E-state index is 13.3. The summed E-state index contributed by atoms with van der Waals surface area (Å²) in [6.45, 7) is 2.93. The number of aryl methyl sites for hydroxylation is 2. The van der Waals surface area contributed by atoms with Crippen molar-refractivity contribution in [3.8, 4) is 6.07 Å². The van der Waals surface area contributed by atoms with Gasteiger partial charge in [-0.1, -0.05) is 12.1 Å². The van der Waals surface area contributed by atoms with Crippen LogP contribution in [0.1, 0.15) is 30.4 Å². The summed E-state index contributed by atoms with van der Waals surface area (Å²) in [4.78, 5) is 26.1. The van der Waals surface area contributed by atoms with Gasteiger partial charge in [0.25, 0.3) is 0 Å². The van der Waals surface area contributed by atoms with Crippen molar-refractivity contribution >= 4 is 11.8 Å². The van der Waals surface area contributed by atoms with E-state index in [4.69, 9.17) is 5.26 Å². The lowest BCUT2D eigenvalue weighted by Crippen LogP contribution is -2.57. The Morgan fingerprint density at radius 2 is 2.28 bits per heavy atom. The van der Waals surface area contributed by atoms with Crippen molar-refractivity contribution < 1.29 is 14.0 Å². The fourth-order valence-corrected chi connectivity index (χ4v) is 3.76. The maximum Gasteiger partial charge on any atom is 0.237 e. The summed E-state index contributed by atoms with van der Waals surface area (Å²) >= 11 is 0. The molecule has 0 spiro atoms. The number of hydrogen-bond acceptors (Lipinski definition) is 3. The first kappa shape index (κ1) is 17.4. The number of nitrogens with one attached hydrogen (secondary N) is 1. The quantitative estimate of drug-likeness (QED) is 0.911. The average molecular weight is 343 g/mol. The van der Waals surface area contributed by atoms with Crippen LogP contribution < -0.4 is 5.32 Å². The summed E-state index contributed by atoms with van der Waals surface area (Å²) in [6, 6.07) is 7.05. The number of nitrogens with zero attached hydrogens (tertiary/aromatic N) is 2. The van der Waals surface area contributed by atoms with Crippen LogP contribution in [0.3, 0.4) is 0 Å². The van der Waals surface area contributed by atoms with Crippen molar-refractivity contribution in [3.63, 3.8) is 0 Å². The number of carbonyl (C=O) groups excluding carboxylic acids is 2. The lowest BCUT2D eigenvalue weighted by molar-refractivity contribution is -0.135. The Morgan fingerprint density at radius 3 is 3.00 bits per heavy atom. The predicted octanol–water partition coefficient (Wildman–Crippen LogP) is 1.94. The molecule has 0 aromatic heterocycles. The van der Waals surface area contributed by atoms with Gasteiger partial charge in [0.1, 0.15) is 11.7 Å². The van der Waals surface area contributed by atoms with Gasteiger partial charge in [-0.3, -0.25) is 9.59 Å². The lowest BCUT2D eigenvalue weighted by atomic mass is 9.80. The van der Waals surface area contributed by atoms with Crippen molar-refractivity contribution in [2.45, 2.75) is 38.6 Å². The molecule has 2 heterocycles. The average Bonchev–Trinajstić information content (AvgIpc) is 2.61. The van der Waals surface area contributed by atoms with E-state index < -0.39 is 5.92 Å². The third-order valence-electron chi connectivity index (χ3n) is 5.27.